The van der Waals surface area contributed by atoms with Gasteiger partial charge in [0.25, 0.3) is 0 Å². The number of H-pyrrole nitrogens is 2. The minimum absolute atomic E-state index is 0.149. The molecule has 0 saturated carbocycles. The molecule has 0 amide bonds. The molecule has 1 aliphatic rings. The van der Waals surface area contributed by atoms with Gasteiger partial charge in [-0.25, -0.2) is 0 Å². The van der Waals surface area contributed by atoms with Gasteiger partial charge in [-0.15, -0.1) is 0 Å². The number of ether oxygens (including phenoxy) is 1. The van der Waals surface area contributed by atoms with Crippen LogP contribution in [0.15, 0.2) is 47.3 Å². The van der Waals surface area contributed by atoms with Crippen molar-refractivity contribution in [3.05, 3.63) is 57.8 Å². The molecule has 3 heterocycles. The van der Waals surface area contributed by atoms with Crippen LogP contribution in [0.5, 0.6) is 5.75 Å². The van der Waals surface area contributed by atoms with Crippen molar-refractivity contribution in [1.82, 2.24) is 9.97 Å². The summed E-state index contributed by atoms with van der Waals surface area (Å²) in [5.74, 6) is 0.837. The molecule has 0 bridgehead atoms. The van der Waals surface area contributed by atoms with E-state index in [0.29, 0.717) is 11.6 Å². The first-order chi connectivity index (χ1) is 12.6. The number of rotatable bonds is 1. The second-order valence-electron chi connectivity index (χ2n) is 6.56. The van der Waals surface area contributed by atoms with Crippen molar-refractivity contribution in [3.8, 4) is 16.9 Å². The minimum Gasteiger partial charge on any atom is -0.490 e. The molecular formula is C20H16ClN3O2. The Labute approximate surface area is 154 Å². The van der Waals surface area contributed by atoms with Crippen molar-refractivity contribution in [2.75, 3.05) is 25.1 Å². The third-order valence-electron chi connectivity index (χ3n) is 4.92. The SMILES string of the molecule is CN1CCOc2cc(-c3cc(=O)[nH]c4c3[nH]c3ccc(Cl)cc34)ccc21. The highest BCUT2D eigenvalue weighted by atomic mass is 35.5. The lowest BCUT2D eigenvalue weighted by atomic mass is 10.0. The number of fused-ring (bicyclic) bond motifs is 4. The van der Waals surface area contributed by atoms with E-state index < -0.39 is 0 Å². The third-order valence-corrected chi connectivity index (χ3v) is 5.16. The number of aromatic amines is 2. The molecule has 6 heteroatoms. The number of nitrogens with zero attached hydrogens (tertiary/aromatic N) is 1. The van der Waals surface area contributed by atoms with Crippen LogP contribution in [0.1, 0.15) is 0 Å². The number of aromatic nitrogens is 2. The van der Waals surface area contributed by atoms with Crippen molar-refractivity contribution >= 4 is 39.2 Å². The fourth-order valence-corrected chi connectivity index (χ4v) is 3.78. The van der Waals surface area contributed by atoms with Crippen molar-refractivity contribution < 1.29 is 4.74 Å². The Hall–Kier alpha value is -2.92. The summed E-state index contributed by atoms with van der Waals surface area (Å²) in [5, 5.41) is 1.54. The maximum absolute atomic E-state index is 12.3. The van der Waals surface area contributed by atoms with Crippen LogP contribution >= 0.6 is 11.6 Å². The quantitative estimate of drug-likeness (QED) is 0.532. The van der Waals surface area contributed by atoms with Gasteiger partial charge in [0.2, 0.25) is 5.56 Å². The molecule has 2 aromatic carbocycles. The molecular weight excluding hydrogens is 350 g/mol. The molecule has 2 aromatic heterocycles. The summed E-state index contributed by atoms with van der Waals surface area (Å²) >= 11 is 6.14. The number of nitrogens with one attached hydrogen (secondary N) is 2. The number of hydrogen-bond donors (Lipinski definition) is 2. The first-order valence-electron chi connectivity index (χ1n) is 8.43. The van der Waals surface area contributed by atoms with Crippen LogP contribution in [0.3, 0.4) is 0 Å². The van der Waals surface area contributed by atoms with Crippen molar-refractivity contribution in [1.29, 1.82) is 0 Å². The summed E-state index contributed by atoms with van der Waals surface area (Å²) < 4.78 is 5.82. The van der Waals surface area contributed by atoms with E-state index in [1.165, 1.54) is 0 Å². The maximum Gasteiger partial charge on any atom is 0.249 e. The van der Waals surface area contributed by atoms with Gasteiger partial charge in [-0.2, -0.15) is 0 Å². The average molecular weight is 366 g/mol. The van der Waals surface area contributed by atoms with Gasteiger partial charge in [0.15, 0.2) is 0 Å². The Balaban J connectivity index is 1.79. The van der Waals surface area contributed by atoms with E-state index in [1.807, 2.05) is 43.4 Å². The highest BCUT2D eigenvalue weighted by molar-refractivity contribution is 6.31. The predicted octanol–water partition coefficient (Wildman–Crippen LogP) is 4.16. The zero-order valence-electron chi connectivity index (χ0n) is 14.1. The smallest absolute Gasteiger partial charge is 0.249 e. The van der Waals surface area contributed by atoms with Gasteiger partial charge in [0, 0.05) is 34.6 Å². The molecule has 2 N–H and O–H groups in total. The predicted molar refractivity (Wildman–Crippen MR) is 106 cm³/mol. The van der Waals surface area contributed by atoms with Crippen molar-refractivity contribution in [3.63, 3.8) is 0 Å². The maximum atomic E-state index is 12.3. The Morgan fingerprint density at radius 3 is 2.85 bits per heavy atom. The summed E-state index contributed by atoms with van der Waals surface area (Å²) in [6.07, 6.45) is 0. The van der Waals surface area contributed by atoms with Crippen molar-refractivity contribution in [2.45, 2.75) is 0 Å². The Kier molecular flexibility index (Phi) is 3.27. The average Bonchev–Trinajstić information content (AvgIpc) is 2.99. The van der Waals surface area contributed by atoms with Gasteiger partial charge in [0.1, 0.15) is 12.4 Å². The van der Waals surface area contributed by atoms with Gasteiger partial charge < -0.3 is 19.6 Å². The third kappa shape index (κ3) is 2.28. The number of hydrogen-bond acceptors (Lipinski definition) is 3. The summed E-state index contributed by atoms with van der Waals surface area (Å²) in [6, 6.07) is 13.3. The molecule has 0 fully saturated rings. The highest BCUT2D eigenvalue weighted by Gasteiger charge is 2.18. The fourth-order valence-electron chi connectivity index (χ4n) is 3.61. The molecule has 26 heavy (non-hydrogen) atoms. The van der Waals surface area contributed by atoms with Gasteiger partial charge in [-0.3, -0.25) is 4.79 Å². The highest BCUT2D eigenvalue weighted by Crippen LogP contribution is 2.37. The van der Waals surface area contributed by atoms with Gasteiger partial charge in [-0.1, -0.05) is 17.7 Å². The molecule has 0 unspecified atom stereocenters. The van der Waals surface area contributed by atoms with E-state index in [1.54, 1.807) is 6.07 Å². The number of halogens is 1. The molecule has 1 aliphatic heterocycles. The van der Waals surface area contributed by atoms with Gasteiger partial charge >= 0.3 is 0 Å². The second kappa shape index (κ2) is 5.54. The summed E-state index contributed by atoms with van der Waals surface area (Å²) in [6.45, 7) is 1.52. The van der Waals surface area contributed by atoms with Crippen LogP contribution in [-0.2, 0) is 0 Å². The molecule has 0 saturated heterocycles. The lowest BCUT2D eigenvalue weighted by molar-refractivity contribution is 0.311. The van der Waals surface area contributed by atoms with E-state index in [-0.39, 0.29) is 5.56 Å². The lowest BCUT2D eigenvalue weighted by Crippen LogP contribution is -2.28. The molecule has 130 valence electrons. The van der Waals surface area contributed by atoms with Crippen LogP contribution in [-0.4, -0.2) is 30.2 Å². The molecule has 5 nitrogen and oxygen atoms in total. The van der Waals surface area contributed by atoms with Crippen LogP contribution in [0.2, 0.25) is 5.02 Å². The standard InChI is InChI=1S/C20H16ClN3O2/c1-24-6-7-26-17-8-11(2-5-16(17)24)13-10-18(25)23-20-14-9-12(21)3-4-15(14)22-19(13)20/h2-5,8-10,22H,6-7H2,1H3,(H,23,25). The van der Waals surface area contributed by atoms with E-state index in [2.05, 4.69) is 14.9 Å². The lowest BCUT2D eigenvalue weighted by Gasteiger charge is -2.28. The molecule has 0 spiro atoms. The number of pyridine rings is 1. The molecule has 0 radical (unpaired) electrons. The largest absolute Gasteiger partial charge is 0.490 e. The van der Waals surface area contributed by atoms with E-state index >= 15 is 0 Å². The van der Waals surface area contributed by atoms with Gasteiger partial charge in [-0.05, 0) is 35.9 Å². The Morgan fingerprint density at radius 1 is 1.08 bits per heavy atom. The van der Waals surface area contributed by atoms with Crippen LogP contribution in [0.4, 0.5) is 5.69 Å². The minimum atomic E-state index is -0.149. The molecule has 4 aromatic rings. The molecule has 5 rings (SSSR count). The molecule has 0 aliphatic carbocycles. The van der Waals surface area contributed by atoms with Crippen molar-refractivity contribution in [2.24, 2.45) is 0 Å². The number of benzene rings is 2. The monoisotopic (exact) mass is 365 g/mol. The summed E-state index contributed by atoms with van der Waals surface area (Å²) in [4.78, 5) is 20.8. The number of likely N-dealkylation sites (N-methyl/N-ethyl adjacent to an activating group) is 1. The zero-order valence-corrected chi connectivity index (χ0v) is 14.9. The molecule has 0 atom stereocenters. The van der Waals surface area contributed by atoms with Crippen LogP contribution in [0, 0.1) is 0 Å². The first-order valence-corrected chi connectivity index (χ1v) is 8.80. The van der Waals surface area contributed by atoms with Crippen LogP contribution < -0.4 is 15.2 Å². The van der Waals surface area contributed by atoms with Gasteiger partial charge in [0.05, 0.1) is 23.3 Å². The Bertz CT molecular complexity index is 1230. The normalized spacial score (nSPS) is 13.8. The van der Waals surface area contributed by atoms with E-state index in [0.717, 1.165) is 51.0 Å². The summed E-state index contributed by atoms with van der Waals surface area (Å²) in [5.41, 5.74) is 5.27. The zero-order chi connectivity index (χ0) is 17.8. The van der Waals surface area contributed by atoms with E-state index in [9.17, 15) is 4.79 Å². The topological polar surface area (TPSA) is 61.1 Å². The van der Waals surface area contributed by atoms with Crippen LogP contribution in [0.25, 0.3) is 33.1 Å². The fraction of sp³-hybridized carbons (Fsp3) is 0.150. The Morgan fingerprint density at radius 2 is 1.96 bits per heavy atom. The first kappa shape index (κ1) is 15.3. The summed E-state index contributed by atoms with van der Waals surface area (Å²) in [7, 11) is 2.05. The van der Waals surface area contributed by atoms with E-state index in [4.69, 9.17) is 16.3 Å². The number of anilines is 1. The second-order valence-corrected chi connectivity index (χ2v) is 7.00.